The monoisotopic (exact) mass is 499 g/mol. The first kappa shape index (κ1) is 25.2. The fourth-order valence-electron chi connectivity index (χ4n) is 3.78. The van der Waals surface area contributed by atoms with E-state index in [-0.39, 0.29) is 30.4 Å². The maximum Gasteiger partial charge on any atom is 0.309 e. The molecule has 0 radical (unpaired) electrons. The first-order valence-electron chi connectivity index (χ1n) is 11.1. The molecule has 13 heteroatoms. The predicted octanol–water partition coefficient (Wildman–Crippen LogP) is 0.219. The van der Waals surface area contributed by atoms with E-state index in [1.807, 2.05) is 0 Å². The Morgan fingerprint density at radius 3 is 2.86 bits per heavy atom. The highest BCUT2D eigenvalue weighted by Crippen LogP contribution is 2.33. The normalized spacial score (nSPS) is 22.3. The molecular formula is C23H26FN7O5. The number of nitrogens with one attached hydrogen (secondary N) is 1. The fraction of sp³-hybridized carbons (Fsp3) is 0.304. The maximum absolute atomic E-state index is 13.5. The maximum atomic E-state index is 13.5. The predicted molar refractivity (Wildman–Crippen MR) is 123 cm³/mol. The van der Waals surface area contributed by atoms with Gasteiger partial charge in [-0.25, -0.2) is 10.2 Å². The summed E-state index contributed by atoms with van der Waals surface area (Å²) in [6.45, 7) is -0.302. The SMILES string of the molecule is N/C(=C\N(N)C1CC(c2nnc(C(=O)NCc3cccnc3)o2)OC(CO)C1O)c1cccc(F)c1. The van der Waals surface area contributed by atoms with E-state index < -0.39 is 42.7 Å². The van der Waals surface area contributed by atoms with Crippen LogP contribution in [0.1, 0.15) is 40.2 Å². The summed E-state index contributed by atoms with van der Waals surface area (Å²) >= 11 is 0. The number of carbonyl (C=O) groups is 1. The topological polar surface area (TPSA) is 186 Å². The van der Waals surface area contributed by atoms with Crippen LogP contribution in [0, 0.1) is 5.82 Å². The molecule has 1 saturated heterocycles. The van der Waals surface area contributed by atoms with Gasteiger partial charge in [-0.15, -0.1) is 10.2 Å². The average Bonchev–Trinajstić information content (AvgIpc) is 3.38. The Kier molecular flexibility index (Phi) is 7.85. The van der Waals surface area contributed by atoms with Gasteiger partial charge >= 0.3 is 11.8 Å². The van der Waals surface area contributed by atoms with Crippen LogP contribution in [0.15, 0.2) is 59.4 Å². The number of carbonyl (C=O) groups excluding carboxylic acids is 1. The minimum absolute atomic E-state index is 0.0210. The van der Waals surface area contributed by atoms with Gasteiger partial charge in [0.05, 0.1) is 18.3 Å². The molecule has 2 aromatic heterocycles. The molecule has 4 atom stereocenters. The Hall–Kier alpha value is -3.91. The molecule has 4 unspecified atom stereocenters. The largest absolute Gasteiger partial charge is 0.414 e. The van der Waals surface area contributed by atoms with E-state index in [0.29, 0.717) is 5.56 Å². The minimum Gasteiger partial charge on any atom is -0.414 e. The van der Waals surface area contributed by atoms with Gasteiger partial charge in [0, 0.05) is 37.1 Å². The molecule has 7 N–H and O–H groups in total. The van der Waals surface area contributed by atoms with Gasteiger partial charge in [-0.1, -0.05) is 18.2 Å². The molecule has 1 aliphatic rings. The van der Waals surface area contributed by atoms with Gasteiger partial charge in [-0.05, 0) is 23.8 Å². The summed E-state index contributed by atoms with van der Waals surface area (Å²) in [5.74, 6) is 4.82. The number of amides is 1. The highest BCUT2D eigenvalue weighted by atomic mass is 19.1. The molecule has 0 saturated carbocycles. The molecule has 1 fully saturated rings. The first-order chi connectivity index (χ1) is 17.4. The van der Waals surface area contributed by atoms with Crippen molar-refractivity contribution in [3.05, 3.63) is 83.7 Å². The van der Waals surface area contributed by atoms with Crippen LogP contribution in [-0.4, -0.2) is 61.2 Å². The van der Waals surface area contributed by atoms with Gasteiger partial charge in [0.15, 0.2) is 0 Å². The third-order valence-corrected chi connectivity index (χ3v) is 5.66. The molecule has 0 aliphatic carbocycles. The molecule has 1 aliphatic heterocycles. The van der Waals surface area contributed by atoms with E-state index in [9.17, 15) is 19.4 Å². The minimum atomic E-state index is -1.20. The summed E-state index contributed by atoms with van der Waals surface area (Å²) in [7, 11) is 0. The Morgan fingerprint density at radius 1 is 1.31 bits per heavy atom. The van der Waals surface area contributed by atoms with E-state index in [1.54, 1.807) is 30.6 Å². The molecular weight excluding hydrogens is 473 g/mol. The van der Waals surface area contributed by atoms with Crippen molar-refractivity contribution in [3.63, 3.8) is 0 Å². The summed E-state index contributed by atoms with van der Waals surface area (Å²) in [4.78, 5) is 16.4. The number of aliphatic hydroxyl groups is 2. The van der Waals surface area contributed by atoms with E-state index in [1.165, 1.54) is 29.4 Å². The van der Waals surface area contributed by atoms with Gasteiger partial charge in [-0.3, -0.25) is 9.78 Å². The van der Waals surface area contributed by atoms with Gasteiger partial charge in [0.25, 0.3) is 0 Å². The summed E-state index contributed by atoms with van der Waals surface area (Å²) in [5, 5.41) is 31.9. The zero-order valence-corrected chi connectivity index (χ0v) is 19.1. The van der Waals surface area contributed by atoms with Crippen molar-refractivity contribution in [2.75, 3.05) is 6.61 Å². The lowest BCUT2D eigenvalue weighted by molar-refractivity contribution is -0.169. The zero-order chi connectivity index (χ0) is 25.7. The van der Waals surface area contributed by atoms with Crippen molar-refractivity contribution >= 4 is 11.6 Å². The molecule has 0 bridgehead atoms. The molecule has 3 aromatic rings. The highest BCUT2D eigenvalue weighted by molar-refractivity contribution is 5.89. The summed E-state index contributed by atoms with van der Waals surface area (Å²) in [6.07, 6.45) is 1.56. The Morgan fingerprint density at radius 2 is 2.14 bits per heavy atom. The Bertz CT molecular complexity index is 1210. The van der Waals surface area contributed by atoms with Crippen molar-refractivity contribution in [2.24, 2.45) is 11.6 Å². The number of halogens is 1. The van der Waals surface area contributed by atoms with Crippen molar-refractivity contribution in [1.29, 1.82) is 0 Å². The lowest BCUT2D eigenvalue weighted by Gasteiger charge is -2.41. The first-order valence-corrected chi connectivity index (χ1v) is 11.1. The molecule has 12 nitrogen and oxygen atoms in total. The number of hydrazine groups is 1. The van der Waals surface area contributed by atoms with Crippen LogP contribution in [0.25, 0.3) is 5.70 Å². The third kappa shape index (κ3) is 5.83. The number of nitrogens with two attached hydrogens (primary N) is 2. The number of nitrogens with zero attached hydrogens (tertiary/aromatic N) is 4. The summed E-state index contributed by atoms with van der Waals surface area (Å²) in [6, 6.07) is 8.41. The van der Waals surface area contributed by atoms with Crippen LogP contribution < -0.4 is 16.9 Å². The quantitative estimate of drug-likeness (QED) is 0.211. The number of aliphatic hydroxyl groups excluding tert-OH is 2. The van der Waals surface area contributed by atoms with Crippen LogP contribution in [0.5, 0.6) is 0 Å². The van der Waals surface area contributed by atoms with E-state index in [2.05, 4.69) is 20.5 Å². The van der Waals surface area contributed by atoms with Gasteiger partial charge < -0.3 is 35.4 Å². The van der Waals surface area contributed by atoms with E-state index in [0.717, 1.165) is 5.56 Å². The second kappa shape index (κ2) is 11.2. The summed E-state index contributed by atoms with van der Waals surface area (Å²) in [5.41, 5.74) is 7.42. The van der Waals surface area contributed by atoms with Crippen LogP contribution in [0.4, 0.5) is 4.39 Å². The fourth-order valence-corrected chi connectivity index (χ4v) is 3.78. The molecule has 36 heavy (non-hydrogen) atoms. The van der Waals surface area contributed by atoms with Crippen molar-refractivity contribution in [1.82, 2.24) is 25.5 Å². The van der Waals surface area contributed by atoms with Crippen LogP contribution >= 0.6 is 0 Å². The second-order valence-electron chi connectivity index (χ2n) is 8.17. The Labute approximate surface area is 205 Å². The highest BCUT2D eigenvalue weighted by Gasteiger charge is 2.42. The number of aromatic nitrogens is 3. The Balaban J connectivity index is 1.47. The van der Waals surface area contributed by atoms with Crippen molar-refractivity contribution in [2.45, 2.75) is 37.3 Å². The van der Waals surface area contributed by atoms with Gasteiger partial charge in [0.2, 0.25) is 5.89 Å². The molecule has 1 amide bonds. The number of ether oxygens (including phenoxy) is 1. The van der Waals surface area contributed by atoms with Crippen molar-refractivity contribution in [3.8, 4) is 0 Å². The van der Waals surface area contributed by atoms with Gasteiger partial charge in [0.1, 0.15) is 24.1 Å². The van der Waals surface area contributed by atoms with Crippen LogP contribution in [0.3, 0.4) is 0 Å². The van der Waals surface area contributed by atoms with Crippen LogP contribution in [0.2, 0.25) is 0 Å². The van der Waals surface area contributed by atoms with Crippen LogP contribution in [-0.2, 0) is 11.3 Å². The van der Waals surface area contributed by atoms with E-state index in [4.69, 9.17) is 20.7 Å². The number of hydrogen-bond donors (Lipinski definition) is 5. The smallest absolute Gasteiger partial charge is 0.309 e. The number of rotatable bonds is 8. The molecule has 0 spiro atoms. The molecule has 3 heterocycles. The lowest BCUT2D eigenvalue weighted by Crippen LogP contribution is -2.55. The summed E-state index contributed by atoms with van der Waals surface area (Å²) < 4.78 is 24.8. The molecule has 1 aromatic carbocycles. The standard InChI is InChI=1S/C23H26FN7O5/c24-15-5-1-4-14(7-15)16(25)11-31(26)17-8-18(35-19(12-32)20(17)33)22-29-30-23(36-22)21(34)28-10-13-3-2-6-27-9-13/h1-7,9,11,17-20,32-33H,8,10,12,25-26H2,(H,28,34)/b16-11-. The average molecular weight is 500 g/mol. The van der Waals surface area contributed by atoms with E-state index >= 15 is 0 Å². The van der Waals surface area contributed by atoms with Crippen molar-refractivity contribution < 1.29 is 28.6 Å². The second-order valence-corrected chi connectivity index (χ2v) is 8.17. The third-order valence-electron chi connectivity index (χ3n) is 5.66. The van der Waals surface area contributed by atoms with Gasteiger partial charge in [-0.2, -0.15) is 0 Å². The lowest BCUT2D eigenvalue weighted by atomic mass is 9.95. The number of hydrogen-bond acceptors (Lipinski definition) is 11. The number of benzene rings is 1. The number of pyridine rings is 1. The molecule has 190 valence electrons. The molecule has 4 rings (SSSR count). The zero-order valence-electron chi connectivity index (χ0n) is 19.1.